The van der Waals surface area contributed by atoms with E-state index in [1.165, 1.54) is 9.96 Å². The second-order valence-corrected chi connectivity index (χ2v) is 7.28. The number of pyridine rings is 1. The van der Waals surface area contributed by atoms with E-state index in [9.17, 15) is 9.59 Å². The number of anilines is 1. The van der Waals surface area contributed by atoms with Gasteiger partial charge in [0, 0.05) is 19.3 Å². The molecule has 1 saturated heterocycles. The van der Waals surface area contributed by atoms with Crippen LogP contribution in [0, 0.1) is 12.8 Å². The Morgan fingerprint density at radius 1 is 1.11 bits per heavy atom. The Morgan fingerprint density at radius 2 is 1.85 bits per heavy atom. The van der Waals surface area contributed by atoms with Crippen LogP contribution in [-0.4, -0.2) is 28.8 Å². The molecule has 0 amide bonds. The Hall–Kier alpha value is -2.95. The van der Waals surface area contributed by atoms with Gasteiger partial charge in [0.05, 0.1) is 0 Å². The van der Waals surface area contributed by atoms with Crippen LogP contribution in [0.15, 0.2) is 53.5 Å². The fourth-order valence-electron chi connectivity index (χ4n) is 3.94. The van der Waals surface area contributed by atoms with Crippen molar-refractivity contribution in [3.05, 3.63) is 75.7 Å². The average molecular weight is 361 g/mol. The zero-order valence-corrected chi connectivity index (χ0v) is 15.5. The predicted octanol–water partition coefficient (Wildman–Crippen LogP) is 3.27. The molecule has 0 bridgehead atoms. The molecule has 5 heteroatoms. The van der Waals surface area contributed by atoms with Crippen LogP contribution in [0.25, 0.3) is 5.65 Å². The van der Waals surface area contributed by atoms with Gasteiger partial charge in [0.2, 0.25) is 0 Å². The lowest BCUT2D eigenvalue weighted by Gasteiger charge is -2.33. The van der Waals surface area contributed by atoms with Gasteiger partial charge < -0.3 is 4.90 Å². The quantitative estimate of drug-likeness (QED) is 0.669. The van der Waals surface area contributed by atoms with E-state index in [2.05, 4.69) is 29.2 Å². The highest BCUT2D eigenvalue weighted by molar-refractivity contribution is 5.83. The highest BCUT2D eigenvalue weighted by atomic mass is 16.1. The van der Waals surface area contributed by atoms with Gasteiger partial charge in [-0.25, -0.2) is 4.98 Å². The number of aldehydes is 1. The molecule has 0 aliphatic carbocycles. The molecule has 27 heavy (non-hydrogen) atoms. The summed E-state index contributed by atoms with van der Waals surface area (Å²) in [5.41, 5.74) is 2.77. The molecule has 5 nitrogen and oxygen atoms in total. The third-order valence-corrected chi connectivity index (χ3v) is 5.46. The first kappa shape index (κ1) is 17.5. The fourth-order valence-corrected chi connectivity index (χ4v) is 3.94. The molecule has 0 spiro atoms. The predicted molar refractivity (Wildman–Crippen MR) is 107 cm³/mol. The number of nitrogens with zero attached hydrogens (tertiary/aromatic N) is 3. The molecule has 3 aromatic rings. The highest BCUT2D eigenvalue weighted by Gasteiger charge is 2.24. The van der Waals surface area contributed by atoms with E-state index < -0.39 is 0 Å². The van der Waals surface area contributed by atoms with E-state index in [0.717, 1.165) is 37.9 Å². The summed E-state index contributed by atoms with van der Waals surface area (Å²) in [4.78, 5) is 31.2. The maximum absolute atomic E-state index is 12.7. The summed E-state index contributed by atoms with van der Waals surface area (Å²) in [5.74, 6) is 1.15. The van der Waals surface area contributed by atoms with Gasteiger partial charge in [-0.15, -0.1) is 0 Å². The van der Waals surface area contributed by atoms with Crippen molar-refractivity contribution in [2.75, 3.05) is 18.0 Å². The lowest BCUT2D eigenvalue weighted by Crippen LogP contribution is -2.37. The van der Waals surface area contributed by atoms with Gasteiger partial charge in [-0.3, -0.25) is 14.0 Å². The summed E-state index contributed by atoms with van der Waals surface area (Å²) in [7, 11) is 0. The van der Waals surface area contributed by atoms with E-state index in [1.807, 2.05) is 19.1 Å². The molecular weight excluding hydrogens is 338 g/mol. The Bertz CT molecular complexity index is 1020. The van der Waals surface area contributed by atoms with Gasteiger partial charge >= 0.3 is 0 Å². The maximum atomic E-state index is 12.7. The fraction of sp³-hybridized carbons (Fsp3) is 0.318. The van der Waals surface area contributed by atoms with E-state index in [0.29, 0.717) is 23.7 Å². The molecule has 0 atom stereocenters. The number of fused-ring (bicyclic) bond motifs is 1. The highest BCUT2D eigenvalue weighted by Crippen LogP contribution is 2.26. The van der Waals surface area contributed by atoms with E-state index in [-0.39, 0.29) is 11.1 Å². The second-order valence-electron chi connectivity index (χ2n) is 7.28. The molecule has 0 radical (unpaired) electrons. The monoisotopic (exact) mass is 361 g/mol. The Kier molecular flexibility index (Phi) is 4.75. The van der Waals surface area contributed by atoms with Crippen molar-refractivity contribution >= 4 is 17.8 Å². The lowest BCUT2D eigenvalue weighted by molar-refractivity contribution is 0.112. The summed E-state index contributed by atoms with van der Waals surface area (Å²) in [5, 5.41) is 0. The van der Waals surface area contributed by atoms with Crippen LogP contribution in [0.3, 0.4) is 0 Å². The number of hydrogen-bond donors (Lipinski definition) is 0. The van der Waals surface area contributed by atoms with E-state index in [1.54, 1.807) is 12.3 Å². The maximum Gasteiger partial charge on any atom is 0.270 e. The number of rotatable bonds is 4. The second kappa shape index (κ2) is 7.35. The van der Waals surface area contributed by atoms with Gasteiger partial charge in [-0.1, -0.05) is 36.4 Å². The van der Waals surface area contributed by atoms with Crippen LogP contribution in [-0.2, 0) is 6.42 Å². The Labute approximate surface area is 158 Å². The number of benzene rings is 1. The molecule has 0 N–H and O–H groups in total. The summed E-state index contributed by atoms with van der Waals surface area (Å²) in [6.07, 6.45) is 5.45. The molecule has 0 unspecified atom stereocenters. The molecular formula is C22H23N3O2. The number of aromatic nitrogens is 2. The minimum Gasteiger partial charge on any atom is -0.356 e. The zero-order valence-electron chi connectivity index (χ0n) is 15.5. The number of carbonyl (C=O) groups is 1. The molecule has 138 valence electrons. The minimum absolute atomic E-state index is 0.152. The normalized spacial score (nSPS) is 15.2. The first-order valence-corrected chi connectivity index (χ1v) is 9.43. The van der Waals surface area contributed by atoms with E-state index in [4.69, 9.17) is 4.98 Å². The van der Waals surface area contributed by atoms with Gasteiger partial charge in [0.15, 0.2) is 6.29 Å². The molecule has 3 heterocycles. The van der Waals surface area contributed by atoms with Gasteiger partial charge in [0.25, 0.3) is 5.56 Å². The third-order valence-electron chi connectivity index (χ3n) is 5.46. The molecule has 1 aliphatic rings. The summed E-state index contributed by atoms with van der Waals surface area (Å²) < 4.78 is 1.46. The van der Waals surface area contributed by atoms with Crippen LogP contribution in [0.2, 0.25) is 0 Å². The molecule has 1 aromatic carbocycles. The smallest absolute Gasteiger partial charge is 0.270 e. The molecule has 1 aliphatic heterocycles. The van der Waals surface area contributed by atoms with Crippen LogP contribution >= 0.6 is 0 Å². The van der Waals surface area contributed by atoms with Crippen LogP contribution in [0.1, 0.15) is 34.3 Å². The topological polar surface area (TPSA) is 54.7 Å². The first-order chi connectivity index (χ1) is 13.2. The molecule has 2 aromatic heterocycles. The van der Waals surface area contributed by atoms with Gasteiger partial charge in [-0.2, -0.15) is 0 Å². The molecule has 1 fully saturated rings. The Balaban J connectivity index is 1.59. The summed E-state index contributed by atoms with van der Waals surface area (Å²) >= 11 is 0. The lowest BCUT2D eigenvalue weighted by atomic mass is 9.90. The zero-order chi connectivity index (χ0) is 18.8. The van der Waals surface area contributed by atoms with Gasteiger partial charge in [-0.05, 0) is 49.3 Å². The van der Waals surface area contributed by atoms with E-state index >= 15 is 0 Å². The van der Waals surface area contributed by atoms with Crippen molar-refractivity contribution in [2.24, 2.45) is 5.92 Å². The standard InChI is InChI=1S/C22H23N3O2/c1-16-6-5-11-25-20(16)23-21(19(15-26)22(25)27)24-12-9-18(10-13-24)14-17-7-3-2-4-8-17/h2-8,11,15,18H,9-10,12-14H2,1H3. The molecule has 4 rings (SSSR count). The third kappa shape index (κ3) is 3.37. The Morgan fingerprint density at radius 3 is 2.56 bits per heavy atom. The summed E-state index contributed by atoms with van der Waals surface area (Å²) in [6, 6.07) is 14.3. The SMILES string of the molecule is Cc1cccn2c(=O)c(C=O)c(N3CCC(Cc4ccccc4)CC3)nc12. The van der Waals surface area contributed by atoms with Crippen molar-refractivity contribution < 1.29 is 4.79 Å². The van der Waals surface area contributed by atoms with Gasteiger partial charge in [0.1, 0.15) is 17.0 Å². The van der Waals surface area contributed by atoms with Crippen molar-refractivity contribution in [1.82, 2.24) is 9.38 Å². The molecule has 0 saturated carbocycles. The van der Waals surface area contributed by atoms with Crippen molar-refractivity contribution in [2.45, 2.75) is 26.2 Å². The van der Waals surface area contributed by atoms with Crippen molar-refractivity contribution in [3.63, 3.8) is 0 Å². The van der Waals surface area contributed by atoms with Crippen molar-refractivity contribution in [3.8, 4) is 0 Å². The minimum atomic E-state index is -0.292. The van der Waals surface area contributed by atoms with Crippen molar-refractivity contribution in [1.29, 1.82) is 0 Å². The summed E-state index contributed by atoms with van der Waals surface area (Å²) in [6.45, 7) is 3.55. The number of aryl methyl sites for hydroxylation is 1. The van der Waals surface area contributed by atoms with Crippen LogP contribution in [0.5, 0.6) is 0 Å². The number of hydrogen-bond acceptors (Lipinski definition) is 4. The number of piperidine rings is 1. The van der Waals surface area contributed by atoms with Crippen LogP contribution < -0.4 is 10.5 Å². The number of carbonyl (C=O) groups excluding carboxylic acids is 1. The average Bonchev–Trinajstić information content (AvgIpc) is 2.70. The first-order valence-electron chi connectivity index (χ1n) is 9.43. The largest absolute Gasteiger partial charge is 0.356 e. The van der Waals surface area contributed by atoms with Crippen LogP contribution in [0.4, 0.5) is 5.82 Å².